The number of nitrogens with one attached hydrogen (secondary N) is 2. The van der Waals surface area contributed by atoms with Crippen molar-refractivity contribution < 1.29 is 27.8 Å². The third-order valence-corrected chi connectivity index (χ3v) is 3.36. The zero-order valence-electron chi connectivity index (χ0n) is 14.0. The van der Waals surface area contributed by atoms with E-state index < -0.39 is 17.7 Å². The number of carbonyl (C=O) groups is 1. The number of carbonyl (C=O) groups excluding carboxylic acids is 1. The molecular formula is C17H18F2N2O4. The number of halogens is 2. The molecule has 2 aromatic carbocycles. The van der Waals surface area contributed by atoms with Crippen LogP contribution in [0.2, 0.25) is 0 Å². The summed E-state index contributed by atoms with van der Waals surface area (Å²) >= 11 is 0. The van der Waals surface area contributed by atoms with Crippen molar-refractivity contribution in [1.82, 2.24) is 5.32 Å². The van der Waals surface area contributed by atoms with Crippen LogP contribution in [0.25, 0.3) is 0 Å². The summed E-state index contributed by atoms with van der Waals surface area (Å²) < 4.78 is 41.7. The second kappa shape index (κ2) is 8.18. The largest absolute Gasteiger partial charge is 0.493 e. The molecule has 0 unspecified atom stereocenters. The molecule has 0 bridgehead atoms. The lowest BCUT2D eigenvalue weighted by molar-refractivity contribution is 0.251. The molecule has 2 amide bonds. The maximum absolute atomic E-state index is 13.1. The summed E-state index contributed by atoms with van der Waals surface area (Å²) in [6.07, 6.45) is 0. The molecule has 134 valence electrons. The molecule has 0 aromatic heterocycles. The van der Waals surface area contributed by atoms with Crippen molar-refractivity contribution >= 4 is 11.7 Å². The van der Waals surface area contributed by atoms with Crippen LogP contribution in [0.5, 0.6) is 17.2 Å². The first kappa shape index (κ1) is 18.3. The van der Waals surface area contributed by atoms with Gasteiger partial charge < -0.3 is 24.8 Å². The van der Waals surface area contributed by atoms with Gasteiger partial charge in [-0.05, 0) is 29.8 Å². The third kappa shape index (κ3) is 4.50. The minimum absolute atomic E-state index is 0.140. The van der Waals surface area contributed by atoms with Crippen LogP contribution in [0.3, 0.4) is 0 Å². The standard InChI is InChI=1S/C17H18F2N2O4/c1-23-14-6-10(7-15(24-2)16(14)25-3)9-20-17(22)21-11-4-5-12(18)13(19)8-11/h4-8H,9H2,1-3H3,(H2,20,21,22). The van der Waals surface area contributed by atoms with Crippen LogP contribution in [0.15, 0.2) is 30.3 Å². The summed E-state index contributed by atoms with van der Waals surface area (Å²) in [6.45, 7) is 0.159. The number of amides is 2. The summed E-state index contributed by atoms with van der Waals surface area (Å²) in [5.41, 5.74) is 0.844. The molecule has 25 heavy (non-hydrogen) atoms. The van der Waals surface area contributed by atoms with E-state index in [0.717, 1.165) is 12.1 Å². The number of methoxy groups -OCH3 is 3. The molecule has 0 aliphatic carbocycles. The Kier molecular flexibility index (Phi) is 5.99. The van der Waals surface area contributed by atoms with E-state index >= 15 is 0 Å². The number of rotatable bonds is 6. The van der Waals surface area contributed by atoms with Gasteiger partial charge in [0.2, 0.25) is 5.75 Å². The Morgan fingerprint density at radius 1 is 0.960 bits per heavy atom. The highest BCUT2D eigenvalue weighted by atomic mass is 19.2. The Morgan fingerprint density at radius 3 is 2.12 bits per heavy atom. The quantitative estimate of drug-likeness (QED) is 0.837. The summed E-state index contributed by atoms with van der Waals surface area (Å²) in [6, 6.07) is 5.91. The maximum atomic E-state index is 13.1. The molecule has 0 saturated heterocycles. The molecule has 6 nitrogen and oxygen atoms in total. The number of anilines is 1. The van der Waals surface area contributed by atoms with Crippen LogP contribution in [-0.2, 0) is 6.54 Å². The average molecular weight is 352 g/mol. The Balaban J connectivity index is 2.04. The zero-order valence-corrected chi connectivity index (χ0v) is 14.0. The van der Waals surface area contributed by atoms with Crippen molar-refractivity contribution in [3.8, 4) is 17.2 Å². The minimum atomic E-state index is -1.04. The van der Waals surface area contributed by atoms with E-state index in [9.17, 15) is 13.6 Å². The van der Waals surface area contributed by atoms with E-state index in [0.29, 0.717) is 22.8 Å². The van der Waals surface area contributed by atoms with Crippen molar-refractivity contribution in [1.29, 1.82) is 0 Å². The van der Waals surface area contributed by atoms with E-state index in [1.54, 1.807) is 12.1 Å². The molecule has 0 spiro atoms. The Bertz CT molecular complexity index is 743. The highest BCUT2D eigenvalue weighted by molar-refractivity contribution is 5.89. The highest BCUT2D eigenvalue weighted by Crippen LogP contribution is 2.38. The summed E-state index contributed by atoms with van der Waals surface area (Å²) in [4.78, 5) is 11.9. The molecule has 0 atom stereocenters. The Morgan fingerprint density at radius 2 is 1.60 bits per heavy atom. The SMILES string of the molecule is COc1cc(CNC(=O)Nc2ccc(F)c(F)c2)cc(OC)c1OC. The molecule has 0 aliphatic heterocycles. The first-order valence-corrected chi connectivity index (χ1v) is 7.27. The number of urea groups is 1. The smallest absolute Gasteiger partial charge is 0.319 e. The molecule has 0 saturated carbocycles. The zero-order chi connectivity index (χ0) is 18.4. The van der Waals surface area contributed by atoms with E-state index in [4.69, 9.17) is 14.2 Å². The van der Waals surface area contributed by atoms with E-state index in [-0.39, 0.29) is 12.2 Å². The van der Waals surface area contributed by atoms with Gasteiger partial charge in [0, 0.05) is 18.3 Å². The lowest BCUT2D eigenvalue weighted by Crippen LogP contribution is -2.28. The Hall–Kier alpha value is -3.03. The van der Waals surface area contributed by atoms with Gasteiger partial charge in [-0.25, -0.2) is 13.6 Å². The van der Waals surface area contributed by atoms with Gasteiger partial charge in [-0.1, -0.05) is 0 Å². The number of benzene rings is 2. The van der Waals surface area contributed by atoms with Crippen molar-refractivity contribution in [3.63, 3.8) is 0 Å². The fourth-order valence-electron chi connectivity index (χ4n) is 2.17. The van der Waals surface area contributed by atoms with Crippen LogP contribution in [0, 0.1) is 11.6 Å². The fourth-order valence-corrected chi connectivity index (χ4v) is 2.17. The number of hydrogen-bond acceptors (Lipinski definition) is 4. The molecule has 0 heterocycles. The van der Waals surface area contributed by atoms with Crippen LogP contribution in [0.4, 0.5) is 19.3 Å². The van der Waals surface area contributed by atoms with Crippen LogP contribution < -0.4 is 24.8 Å². The van der Waals surface area contributed by atoms with Crippen LogP contribution in [-0.4, -0.2) is 27.4 Å². The van der Waals surface area contributed by atoms with Gasteiger partial charge >= 0.3 is 6.03 Å². The molecule has 2 rings (SSSR count). The fraction of sp³-hybridized carbons (Fsp3) is 0.235. The first-order valence-electron chi connectivity index (χ1n) is 7.27. The Labute approximate surface area is 143 Å². The molecule has 2 N–H and O–H groups in total. The summed E-state index contributed by atoms with van der Waals surface area (Å²) in [7, 11) is 4.47. The van der Waals surface area contributed by atoms with Gasteiger partial charge in [0.25, 0.3) is 0 Å². The summed E-state index contributed by atoms with van der Waals surface area (Å²) in [5.74, 6) is -0.662. The van der Waals surface area contributed by atoms with E-state index in [1.165, 1.54) is 27.4 Å². The second-order valence-electron chi connectivity index (χ2n) is 4.97. The maximum Gasteiger partial charge on any atom is 0.319 e. The van der Waals surface area contributed by atoms with Crippen molar-refractivity contribution in [2.24, 2.45) is 0 Å². The molecule has 8 heteroatoms. The lowest BCUT2D eigenvalue weighted by Gasteiger charge is -2.14. The molecule has 0 radical (unpaired) electrons. The van der Waals surface area contributed by atoms with Gasteiger partial charge in [0.1, 0.15) is 0 Å². The van der Waals surface area contributed by atoms with Crippen LogP contribution >= 0.6 is 0 Å². The van der Waals surface area contributed by atoms with Crippen molar-refractivity contribution in [2.75, 3.05) is 26.6 Å². The van der Waals surface area contributed by atoms with Gasteiger partial charge in [0.05, 0.1) is 21.3 Å². The highest BCUT2D eigenvalue weighted by Gasteiger charge is 2.13. The molecular weight excluding hydrogens is 334 g/mol. The molecule has 2 aromatic rings. The third-order valence-electron chi connectivity index (χ3n) is 3.36. The van der Waals surface area contributed by atoms with Gasteiger partial charge in [-0.2, -0.15) is 0 Å². The first-order chi connectivity index (χ1) is 12.0. The molecule has 0 aliphatic rings. The van der Waals surface area contributed by atoms with Crippen LogP contribution in [0.1, 0.15) is 5.56 Å². The number of ether oxygens (including phenoxy) is 3. The monoisotopic (exact) mass is 352 g/mol. The number of hydrogen-bond donors (Lipinski definition) is 2. The van der Waals surface area contributed by atoms with Gasteiger partial charge in [-0.3, -0.25) is 0 Å². The summed E-state index contributed by atoms with van der Waals surface area (Å²) in [5, 5.41) is 5.02. The second-order valence-corrected chi connectivity index (χ2v) is 4.97. The van der Waals surface area contributed by atoms with E-state index in [1.807, 2.05) is 0 Å². The van der Waals surface area contributed by atoms with Gasteiger partial charge in [-0.15, -0.1) is 0 Å². The van der Waals surface area contributed by atoms with E-state index in [2.05, 4.69) is 10.6 Å². The minimum Gasteiger partial charge on any atom is -0.493 e. The predicted molar refractivity (Wildman–Crippen MR) is 88.3 cm³/mol. The normalized spacial score (nSPS) is 10.1. The lowest BCUT2D eigenvalue weighted by atomic mass is 10.2. The van der Waals surface area contributed by atoms with Crippen molar-refractivity contribution in [2.45, 2.75) is 6.54 Å². The molecule has 0 fully saturated rings. The predicted octanol–water partition coefficient (Wildman–Crippen LogP) is 3.31. The van der Waals surface area contributed by atoms with Crippen molar-refractivity contribution in [3.05, 3.63) is 47.5 Å². The van der Waals surface area contributed by atoms with Gasteiger partial charge in [0.15, 0.2) is 23.1 Å². The average Bonchev–Trinajstić information content (AvgIpc) is 2.62. The topological polar surface area (TPSA) is 68.8 Å².